The molecule has 1 nitrogen and oxygen atoms in total. The SMILES string of the molecule is CC1(C)C(S)C2CCCOC21. The van der Waals surface area contributed by atoms with Crippen molar-refractivity contribution in [3.63, 3.8) is 0 Å². The molecule has 1 aliphatic heterocycles. The van der Waals surface area contributed by atoms with Gasteiger partial charge < -0.3 is 4.74 Å². The molecule has 1 heterocycles. The Bertz CT molecular complexity index is 167. The Morgan fingerprint density at radius 3 is 2.82 bits per heavy atom. The van der Waals surface area contributed by atoms with Gasteiger partial charge in [0.15, 0.2) is 0 Å². The predicted octanol–water partition coefficient (Wildman–Crippen LogP) is 2.12. The van der Waals surface area contributed by atoms with Crippen LogP contribution >= 0.6 is 12.6 Å². The summed E-state index contributed by atoms with van der Waals surface area (Å²) in [5.74, 6) is 0.738. The highest BCUT2D eigenvalue weighted by molar-refractivity contribution is 7.81. The zero-order valence-corrected chi connectivity index (χ0v) is 8.10. The Labute approximate surface area is 73.9 Å². The van der Waals surface area contributed by atoms with Gasteiger partial charge in [-0.15, -0.1) is 0 Å². The van der Waals surface area contributed by atoms with E-state index in [0.717, 1.165) is 12.5 Å². The van der Waals surface area contributed by atoms with Gasteiger partial charge in [-0.2, -0.15) is 12.6 Å². The van der Waals surface area contributed by atoms with Crippen LogP contribution in [0.25, 0.3) is 0 Å². The van der Waals surface area contributed by atoms with Gasteiger partial charge in [0.1, 0.15) is 0 Å². The van der Waals surface area contributed by atoms with Gasteiger partial charge in [0.05, 0.1) is 6.10 Å². The second-order valence-electron chi connectivity index (χ2n) is 4.36. The van der Waals surface area contributed by atoms with E-state index < -0.39 is 0 Å². The lowest BCUT2D eigenvalue weighted by Gasteiger charge is -2.58. The van der Waals surface area contributed by atoms with Crippen LogP contribution in [0.3, 0.4) is 0 Å². The number of ether oxygens (including phenoxy) is 1. The standard InChI is InChI=1S/C9H16OS/c1-9(2)7-6(8(9)11)4-3-5-10-7/h6-8,11H,3-5H2,1-2H3. The fourth-order valence-electron chi connectivity index (χ4n) is 2.50. The summed E-state index contributed by atoms with van der Waals surface area (Å²) in [6.07, 6.45) is 3.05. The molecule has 0 aromatic carbocycles. The molecule has 2 heteroatoms. The van der Waals surface area contributed by atoms with Gasteiger partial charge in [-0.25, -0.2) is 0 Å². The number of hydrogen-bond acceptors (Lipinski definition) is 2. The molecule has 2 rings (SSSR count). The fraction of sp³-hybridized carbons (Fsp3) is 1.00. The van der Waals surface area contributed by atoms with Crippen LogP contribution in [0, 0.1) is 11.3 Å². The van der Waals surface area contributed by atoms with E-state index in [1.807, 2.05) is 0 Å². The second-order valence-corrected chi connectivity index (χ2v) is 4.92. The molecular formula is C9H16OS. The first kappa shape index (κ1) is 7.93. The lowest BCUT2D eigenvalue weighted by Crippen LogP contribution is -2.61. The quantitative estimate of drug-likeness (QED) is 0.551. The molecule has 64 valence electrons. The van der Waals surface area contributed by atoms with Gasteiger partial charge in [-0.1, -0.05) is 13.8 Å². The Morgan fingerprint density at radius 2 is 2.18 bits per heavy atom. The van der Waals surface area contributed by atoms with E-state index in [2.05, 4.69) is 26.5 Å². The lowest BCUT2D eigenvalue weighted by molar-refractivity contribution is -0.161. The van der Waals surface area contributed by atoms with E-state index in [-0.39, 0.29) is 0 Å². The Hall–Kier alpha value is 0.310. The first-order chi connectivity index (χ1) is 5.14. The molecule has 2 aliphatic rings. The van der Waals surface area contributed by atoms with Crippen molar-refractivity contribution in [3.8, 4) is 0 Å². The number of thiol groups is 1. The van der Waals surface area contributed by atoms with Crippen molar-refractivity contribution < 1.29 is 4.74 Å². The molecule has 1 saturated carbocycles. The highest BCUT2D eigenvalue weighted by Gasteiger charge is 2.56. The van der Waals surface area contributed by atoms with Crippen molar-refractivity contribution in [2.24, 2.45) is 11.3 Å². The smallest absolute Gasteiger partial charge is 0.0675 e. The summed E-state index contributed by atoms with van der Waals surface area (Å²) in [4.78, 5) is 0. The summed E-state index contributed by atoms with van der Waals surface area (Å²) >= 11 is 4.61. The average molecular weight is 172 g/mol. The summed E-state index contributed by atoms with van der Waals surface area (Å²) in [6.45, 7) is 5.49. The first-order valence-electron chi connectivity index (χ1n) is 4.43. The van der Waals surface area contributed by atoms with E-state index in [0.29, 0.717) is 16.8 Å². The van der Waals surface area contributed by atoms with Crippen molar-refractivity contribution in [2.45, 2.75) is 38.0 Å². The summed E-state index contributed by atoms with van der Waals surface area (Å²) in [5, 5.41) is 0.563. The van der Waals surface area contributed by atoms with E-state index in [1.54, 1.807) is 0 Å². The highest BCUT2D eigenvalue weighted by atomic mass is 32.1. The van der Waals surface area contributed by atoms with Crippen LogP contribution in [0.15, 0.2) is 0 Å². The molecular weight excluding hydrogens is 156 g/mol. The highest BCUT2D eigenvalue weighted by Crippen LogP contribution is 2.53. The van der Waals surface area contributed by atoms with Crippen LogP contribution in [-0.4, -0.2) is 18.0 Å². The summed E-state index contributed by atoms with van der Waals surface area (Å²) in [6, 6.07) is 0. The van der Waals surface area contributed by atoms with E-state index in [1.165, 1.54) is 12.8 Å². The molecule has 3 atom stereocenters. The minimum absolute atomic E-state index is 0.314. The lowest BCUT2D eigenvalue weighted by atomic mass is 9.59. The van der Waals surface area contributed by atoms with E-state index in [4.69, 9.17) is 4.74 Å². The van der Waals surface area contributed by atoms with Crippen molar-refractivity contribution >= 4 is 12.6 Å². The molecule has 0 amide bonds. The van der Waals surface area contributed by atoms with Gasteiger partial charge in [0.25, 0.3) is 0 Å². The summed E-state index contributed by atoms with van der Waals surface area (Å²) in [7, 11) is 0. The predicted molar refractivity (Wildman–Crippen MR) is 49.0 cm³/mol. The fourth-order valence-corrected chi connectivity index (χ4v) is 2.95. The van der Waals surface area contributed by atoms with Crippen LogP contribution < -0.4 is 0 Å². The minimum atomic E-state index is 0.314. The van der Waals surface area contributed by atoms with E-state index >= 15 is 0 Å². The van der Waals surface area contributed by atoms with Crippen LogP contribution in [0.5, 0.6) is 0 Å². The third-order valence-electron chi connectivity index (χ3n) is 3.27. The van der Waals surface area contributed by atoms with Crippen molar-refractivity contribution in [1.82, 2.24) is 0 Å². The minimum Gasteiger partial charge on any atom is -0.377 e. The van der Waals surface area contributed by atoms with Gasteiger partial charge in [-0.3, -0.25) is 0 Å². The third kappa shape index (κ3) is 0.955. The van der Waals surface area contributed by atoms with Crippen molar-refractivity contribution in [2.75, 3.05) is 6.61 Å². The molecule has 0 aromatic heterocycles. The molecule has 0 radical (unpaired) electrons. The molecule has 3 unspecified atom stereocenters. The molecule has 1 saturated heterocycles. The Balaban J connectivity index is 2.09. The Kier molecular flexibility index (Phi) is 1.73. The maximum absolute atomic E-state index is 5.71. The molecule has 11 heavy (non-hydrogen) atoms. The molecule has 0 spiro atoms. The molecule has 0 N–H and O–H groups in total. The normalized spacial score (nSPS) is 47.7. The van der Waals surface area contributed by atoms with Crippen LogP contribution in [-0.2, 0) is 4.74 Å². The molecule has 0 aromatic rings. The van der Waals surface area contributed by atoms with Crippen LogP contribution in [0.1, 0.15) is 26.7 Å². The maximum Gasteiger partial charge on any atom is 0.0675 e. The first-order valence-corrected chi connectivity index (χ1v) is 4.95. The van der Waals surface area contributed by atoms with Crippen molar-refractivity contribution in [3.05, 3.63) is 0 Å². The topological polar surface area (TPSA) is 9.23 Å². The molecule has 2 fully saturated rings. The van der Waals surface area contributed by atoms with Gasteiger partial charge in [-0.05, 0) is 18.8 Å². The largest absolute Gasteiger partial charge is 0.377 e. The zero-order chi connectivity index (χ0) is 8.06. The van der Waals surface area contributed by atoms with Crippen LogP contribution in [0.2, 0.25) is 0 Å². The molecule has 0 bridgehead atoms. The van der Waals surface area contributed by atoms with Crippen LogP contribution in [0.4, 0.5) is 0 Å². The summed E-state index contributed by atoms with van der Waals surface area (Å²) in [5.41, 5.74) is 0.314. The maximum atomic E-state index is 5.71. The van der Waals surface area contributed by atoms with E-state index in [9.17, 15) is 0 Å². The average Bonchev–Trinajstić information content (AvgIpc) is 2.04. The van der Waals surface area contributed by atoms with Gasteiger partial charge in [0, 0.05) is 17.3 Å². The second kappa shape index (κ2) is 2.40. The zero-order valence-electron chi connectivity index (χ0n) is 7.21. The van der Waals surface area contributed by atoms with Gasteiger partial charge in [0.2, 0.25) is 0 Å². The number of rotatable bonds is 0. The Morgan fingerprint density at radius 1 is 1.45 bits per heavy atom. The number of fused-ring (bicyclic) bond motifs is 1. The monoisotopic (exact) mass is 172 g/mol. The number of hydrogen-bond donors (Lipinski definition) is 1. The summed E-state index contributed by atoms with van der Waals surface area (Å²) < 4.78 is 5.71. The third-order valence-corrected chi connectivity index (χ3v) is 4.32. The molecule has 1 aliphatic carbocycles. The van der Waals surface area contributed by atoms with Gasteiger partial charge >= 0.3 is 0 Å². The van der Waals surface area contributed by atoms with Crippen molar-refractivity contribution in [1.29, 1.82) is 0 Å².